The van der Waals surface area contributed by atoms with Crippen LogP contribution in [-0.2, 0) is 15.7 Å². The van der Waals surface area contributed by atoms with Gasteiger partial charge in [0.05, 0.1) is 18.3 Å². The van der Waals surface area contributed by atoms with Crippen LogP contribution in [0.3, 0.4) is 0 Å². The average molecular weight is 302 g/mol. The van der Waals surface area contributed by atoms with E-state index in [-0.39, 0.29) is 11.8 Å². The molecular weight excluding hydrogens is 285 g/mol. The fourth-order valence-electron chi connectivity index (χ4n) is 2.17. The van der Waals surface area contributed by atoms with Crippen LogP contribution in [0.5, 0.6) is 0 Å². The molecule has 2 N–H and O–H groups in total. The highest BCUT2D eigenvalue weighted by Crippen LogP contribution is 2.32. The lowest BCUT2D eigenvalue weighted by atomic mass is 10.1. The number of ether oxygens (including phenoxy) is 1. The maximum absolute atomic E-state index is 12.7. The van der Waals surface area contributed by atoms with Crippen molar-refractivity contribution in [3.05, 3.63) is 29.3 Å². The Morgan fingerprint density at radius 3 is 2.76 bits per heavy atom. The molecule has 1 aliphatic heterocycles. The molecule has 7 heteroatoms. The fraction of sp³-hybridized carbons (Fsp3) is 0.500. The van der Waals surface area contributed by atoms with E-state index < -0.39 is 23.7 Å². The molecule has 4 nitrogen and oxygen atoms in total. The minimum atomic E-state index is -4.44. The molecule has 1 heterocycles. The van der Waals surface area contributed by atoms with E-state index >= 15 is 0 Å². The SMILES string of the molecule is Cc1ccc(C(F)(F)F)cc1NC(=O)[C@H]1NCCO[C@@H]1C. The van der Waals surface area contributed by atoms with Gasteiger partial charge in [0, 0.05) is 12.2 Å². The van der Waals surface area contributed by atoms with Crippen LogP contribution < -0.4 is 10.6 Å². The Kier molecular flexibility index (Phi) is 4.53. The summed E-state index contributed by atoms with van der Waals surface area (Å²) >= 11 is 0. The number of alkyl halides is 3. The monoisotopic (exact) mass is 302 g/mol. The van der Waals surface area contributed by atoms with Gasteiger partial charge >= 0.3 is 6.18 Å². The van der Waals surface area contributed by atoms with Gasteiger partial charge in [0.15, 0.2) is 0 Å². The topological polar surface area (TPSA) is 50.4 Å². The van der Waals surface area contributed by atoms with Gasteiger partial charge in [-0.3, -0.25) is 4.79 Å². The molecule has 1 saturated heterocycles. The molecule has 0 aliphatic carbocycles. The first-order valence-corrected chi connectivity index (χ1v) is 6.63. The first-order chi connectivity index (χ1) is 9.79. The number of rotatable bonds is 2. The number of carbonyl (C=O) groups is 1. The number of hydrogen-bond donors (Lipinski definition) is 2. The zero-order valence-corrected chi connectivity index (χ0v) is 11.8. The van der Waals surface area contributed by atoms with Gasteiger partial charge in [-0.15, -0.1) is 0 Å². The van der Waals surface area contributed by atoms with Crippen LogP contribution in [0.4, 0.5) is 18.9 Å². The van der Waals surface area contributed by atoms with Crippen LogP contribution in [0.25, 0.3) is 0 Å². The number of halogens is 3. The Morgan fingerprint density at radius 2 is 2.14 bits per heavy atom. The van der Waals surface area contributed by atoms with Crippen molar-refractivity contribution >= 4 is 11.6 Å². The quantitative estimate of drug-likeness (QED) is 0.881. The second-order valence-corrected chi connectivity index (χ2v) is 5.02. The zero-order valence-electron chi connectivity index (χ0n) is 11.8. The van der Waals surface area contributed by atoms with Crippen molar-refractivity contribution in [1.82, 2.24) is 5.32 Å². The maximum Gasteiger partial charge on any atom is 0.416 e. The number of nitrogens with one attached hydrogen (secondary N) is 2. The Hall–Kier alpha value is -1.60. The minimum Gasteiger partial charge on any atom is -0.375 e. The second-order valence-electron chi connectivity index (χ2n) is 5.02. The van der Waals surface area contributed by atoms with Crippen LogP contribution in [0.15, 0.2) is 18.2 Å². The number of anilines is 1. The number of aryl methyl sites for hydroxylation is 1. The first-order valence-electron chi connectivity index (χ1n) is 6.63. The van der Waals surface area contributed by atoms with Gasteiger partial charge in [-0.1, -0.05) is 6.07 Å². The van der Waals surface area contributed by atoms with E-state index in [1.807, 2.05) is 0 Å². The van der Waals surface area contributed by atoms with Crippen LogP contribution in [0.1, 0.15) is 18.1 Å². The van der Waals surface area contributed by atoms with E-state index in [1.165, 1.54) is 6.07 Å². The normalized spacial score (nSPS) is 22.9. The van der Waals surface area contributed by atoms with Gasteiger partial charge in [0.2, 0.25) is 5.91 Å². The predicted molar refractivity (Wildman–Crippen MR) is 72.0 cm³/mol. The van der Waals surface area contributed by atoms with Gasteiger partial charge in [0.25, 0.3) is 0 Å². The van der Waals surface area contributed by atoms with Crippen LogP contribution in [0.2, 0.25) is 0 Å². The van der Waals surface area contributed by atoms with Gasteiger partial charge in [-0.25, -0.2) is 0 Å². The molecule has 0 radical (unpaired) electrons. The van der Waals surface area contributed by atoms with Crippen LogP contribution in [-0.4, -0.2) is 31.2 Å². The molecule has 2 atom stereocenters. The van der Waals surface area contributed by atoms with Crippen molar-refractivity contribution in [2.24, 2.45) is 0 Å². The average Bonchev–Trinajstić information content (AvgIpc) is 2.40. The highest BCUT2D eigenvalue weighted by atomic mass is 19.4. The third-order valence-electron chi connectivity index (χ3n) is 3.42. The number of hydrogen-bond acceptors (Lipinski definition) is 3. The summed E-state index contributed by atoms with van der Waals surface area (Å²) in [5.41, 5.74) is -0.0561. The van der Waals surface area contributed by atoms with Crippen LogP contribution in [0, 0.1) is 6.92 Å². The van der Waals surface area contributed by atoms with Crippen molar-refractivity contribution in [3.8, 4) is 0 Å². The zero-order chi connectivity index (χ0) is 15.6. The summed E-state index contributed by atoms with van der Waals surface area (Å²) in [7, 11) is 0. The summed E-state index contributed by atoms with van der Waals surface area (Å²) in [6.07, 6.45) is -4.77. The highest BCUT2D eigenvalue weighted by molar-refractivity contribution is 5.96. The number of carbonyl (C=O) groups excluding carboxylic acids is 1. The van der Waals surface area contributed by atoms with Gasteiger partial charge in [0.1, 0.15) is 6.04 Å². The second kappa shape index (κ2) is 6.03. The predicted octanol–water partition coefficient (Wildman–Crippen LogP) is 2.33. The molecule has 1 aromatic rings. The van der Waals surface area contributed by atoms with E-state index in [1.54, 1.807) is 13.8 Å². The lowest BCUT2D eigenvalue weighted by Crippen LogP contribution is -2.53. The van der Waals surface area contributed by atoms with E-state index in [9.17, 15) is 18.0 Å². The van der Waals surface area contributed by atoms with E-state index in [0.717, 1.165) is 12.1 Å². The molecule has 1 aliphatic rings. The van der Waals surface area contributed by atoms with Gasteiger partial charge < -0.3 is 15.4 Å². The third-order valence-corrected chi connectivity index (χ3v) is 3.42. The summed E-state index contributed by atoms with van der Waals surface area (Å²) in [5.74, 6) is -0.398. The molecule has 0 bridgehead atoms. The fourth-order valence-corrected chi connectivity index (χ4v) is 2.17. The van der Waals surface area contributed by atoms with Gasteiger partial charge in [-0.05, 0) is 31.5 Å². The number of morpholine rings is 1. The smallest absolute Gasteiger partial charge is 0.375 e. The summed E-state index contributed by atoms with van der Waals surface area (Å²) in [6.45, 7) is 4.43. The molecule has 1 aromatic carbocycles. The molecule has 1 amide bonds. The van der Waals surface area contributed by atoms with E-state index in [0.29, 0.717) is 18.7 Å². The largest absolute Gasteiger partial charge is 0.416 e. The standard InChI is InChI=1S/C14H17F3N2O2/c1-8-3-4-10(14(15,16)17)7-11(8)19-13(20)12-9(2)21-6-5-18-12/h3-4,7,9,12,18H,5-6H2,1-2H3,(H,19,20)/t9-,12+/m1/s1. The molecular formula is C14H17F3N2O2. The molecule has 0 unspecified atom stereocenters. The molecule has 0 aromatic heterocycles. The Balaban J connectivity index is 2.16. The number of amides is 1. The van der Waals surface area contributed by atoms with Crippen molar-refractivity contribution in [2.75, 3.05) is 18.5 Å². The Morgan fingerprint density at radius 1 is 1.43 bits per heavy atom. The molecule has 0 spiro atoms. The lowest BCUT2D eigenvalue weighted by molar-refractivity contribution is -0.137. The Bertz CT molecular complexity index is 531. The molecule has 21 heavy (non-hydrogen) atoms. The summed E-state index contributed by atoms with van der Waals surface area (Å²) in [5, 5.41) is 5.54. The summed E-state index contributed by atoms with van der Waals surface area (Å²) in [6, 6.07) is 2.71. The van der Waals surface area contributed by atoms with Crippen molar-refractivity contribution in [1.29, 1.82) is 0 Å². The number of benzene rings is 1. The summed E-state index contributed by atoms with van der Waals surface area (Å²) in [4.78, 5) is 12.2. The van der Waals surface area contributed by atoms with Crippen molar-refractivity contribution in [2.45, 2.75) is 32.2 Å². The lowest BCUT2D eigenvalue weighted by Gasteiger charge is -2.29. The molecule has 1 fully saturated rings. The molecule has 116 valence electrons. The van der Waals surface area contributed by atoms with E-state index in [4.69, 9.17) is 4.74 Å². The molecule has 0 saturated carbocycles. The van der Waals surface area contributed by atoms with E-state index in [2.05, 4.69) is 10.6 Å². The summed E-state index contributed by atoms with van der Waals surface area (Å²) < 4.78 is 43.5. The van der Waals surface area contributed by atoms with Crippen molar-refractivity contribution in [3.63, 3.8) is 0 Å². The maximum atomic E-state index is 12.7. The van der Waals surface area contributed by atoms with Crippen LogP contribution >= 0.6 is 0 Å². The molecule has 2 rings (SSSR count). The minimum absolute atomic E-state index is 0.161. The van der Waals surface area contributed by atoms with Crippen molar-refractivity contribution < 1.29 is 22.7 Å². The van der Waals surface area contributed by atoms with Gasteiger partial charge in [-0.2, -0.15) is 13.2 Å². The first kappa shape index (κ1) is 15.8. The highest BCUT2D eigenvalue weighted by Gasteiger charge is 2.32. The Labute approximate surface area is 120 Å². The third kappa shape index (κ3) is 3.74.